The lowest BCUT2D eigenvalue weighted by Crippen LogP contribution is -2.05. The van der Waals surface area contributed by atoms with E-state index in [2.05, 4.69) is 15.0 Å². The maximum absolute atomic E-state index is 5.79. The number of rotatable bonds is 6. The van der Waals surface area contributed by atoms with Gasteiger partial charge in [-0.05, 0) is 23.6 Å². The van der Waals surface area contributed by atoms with Crippen LogP contribution in [-0.4, -0.2) is 21.6 Å². The maximum atomic E-state index is 5.79. The second kappa shape index (κ2) is 6.89. The van der Waals surface area contributed by atoms with Gasteiger partial charge in [-0.1, -0.05) is 37.3 Å². The molecule has 0 aliphatic carbocycles. The number of nitrogens with zero attached hydrogens (tertiary/aromatic N) is 3. The van der Waals surface area contributed by atoms with E-state index in [-0.39, 0.29) is 17.3 Å². The van der Waals surface area contributed by atoms with Crippen molar-refractivity contribution in [1.29, 1.82) is 0 Å². The van der Waals surface area contributed by atoms with Gasteiger partial charge in [-0.15, -0.1) is 4.98 Å². The molecule has 19 heavy (non-hydrogen) atoms. The summed E-state index contributed by atoms with van der Waals surface area (Å²) in [4.78, 5) is 11.8. The zero-order valence-corrected chi connectivity index (χ0v) is 11.3. The van der Waals surface area contributed by atoms with Crippen LogP contribution in [0.2, 0.25) is 5.28 Å². The van der Waals surface area contributed by atoms with E-state index in [9.17, 15) is 0 Å². The second-order valence-electron chi connectivity index (χ2n) is 3.79. The number of halogens is 1. The molecule has 0 aliphatic rings. The van der Waals surface area contributed by atoms with E-state index in [1.54, 1.807) is 0 Å². The SMILES string of the molecule is CCCOc1nc(Cl)nc(OCc2ccccc2)n1. The minimum atomic E-state index is 0.0594. The van der Waals surface area contributed by atoms with Crippen LogP contribution >= 0.6 is 11.6 Å². The van der Waals surface area contributed by atoms with Crippen molar-refractivity contribution in [2.24, 2.45) is 0 Å². The standard InChI is InChI=1S/C13H14ClN3O2/c1-2-8-18-12-15-11(14)16-13(17-12)19-9-10-6-4-3-5-7-10/h3-7H,2,8-9H2,1H3. The van der Waals surface area contributed by atoms with Gasteiger partial charge in [-0.3, -0.25) is 0 Å². The fourth-order valence-electron chi connectivity index (χ4n) is 1.36. The van der Waals surface area contributed by atoms with E-state index >= 15 is 0 Å². The molecule has 100 valence electrons. The van der Waals surface area contributed by atoms with Gasteiger partial charge < -0.3 is 9.47 Å². The Hall–Kier alpha value is -1.88. The third-order valence-electron chi connectivity index (χ3n) is 2.21. The molecule has 0 saturated carbocycles. The van der Waals surface area contributed by atoms with Gasteiger partial charge in [0.15, 0.2) is 0 Å². The Morgan fingerprint density at radius 1 is 1.00 bits per heavy atom. The lowest BCUT2D eigenvalue weighted by molar-refractivity contribution is 0.255. The Morgan fingerprint density at radius 3 is 2.37 bits per heavy atom. The quantitative estimate of drug-likeness (QED) is 0.814. The van der Waals surface area contributed by atoms with E-state index in [4.69, 9.17) is 21.1 Å². The number of aromatic nitrogens is 3. The van der Waals surface area contributed by atoms with Gasteiger partial charge in [0, 0.05) is 0 Å². The van der Waals surface area contributed by atoms with Crippen LogP contribution in [0, 0.1) is 0 Å². The first-order valence-electron chi connectivity index (χ1n) is 5.99. The van der Waals surface area contributed by atoms with E-state index in [1.807, 2.05) is 37.3 Å². The average Bonchev–Trinajstić information content (AvgIpc) is 2.43. The molecule has 6 heteroatoms. The zero-order valence-electron chi connectivity index (χ0n) is 10.5. The molecule has 5 nitrogen and oxygen atoms in total. The average molecular weight is 280 g/mol. The number of benzene rings is 1. The van der Waals surface area contributed by atoms with Gasteiger partial charge in [0.2, 0.25) is 5.28 Å². The summed E-state index contributed by atoms with van der Waals surface area (Å²) in [7, 11) is 0. The lowest BCUT2D eigenvalue weighted by atomic mass is 10.2. The molecule has 1 aromatic carbocycles. The number of hydrogen-bond donors (Lipinski definition) is 0. The van der Waals surface area contributed by atoms with Crippen LogP contribution in [0.25, 0.3) is 0 Å². The Morgan fingerprint density at radius 2 is 1.68 bits per heavy atom. The summed E-state index contributed by atoms with van der Waals surface area (Å²) < 4.78 is 10.8. The van der Waals surface area contributed by atoms with Crippen molar-refractivity contribution >= 4 is 11.6 Å². The summed E-state index contributed by atoms with van der Waals surface area (Å²) in [6.07, 6.45) is 0.865. The highest BCUT2D eigenvalue weighted by Gasteiger charge is 2.07. The summed E-state index contributed by atoms with van der Waals surface area (Å²) >= 11 is 5.79. The van der Waals surface area contributed by atoms with Gasteiger partial charge in [0.1, 0.15) is 6.61 Å². The van der Waals surface area contributed by atoms with Crippen LogP contribution in [0.15, 0.2) is 30.3 Å². The van der Waals surface area contributed by atoms with Crippen molar-refractivity contribution in [3.8, 4) is 12.0 Å². The van der Waals surface area contributed by atoms with Gasteiger partial charge >= 0.3 is 12.0 Å². The van der Waals surface area contributed by atoms with Gasteiger partial charge in [0.05, 0.1) is 6.61 Å². The minimum absolute atomic E-state index is 0.0594. The molecule has 0 amide bonds. The smallest absolute Gasteiger partial charge is 0.324 e. The predicted octanol–water partition coefficient (Wildman–Crippen LogP) is 2.89. The van der Waals surface area contributed by atoms with Crippen molar-refractivity contribution in [2.45, 2.75) is 20.0 Å². The topological polar surface area (TPSA) is 57.1 Å². The third kappa shape index (κ3) is 4.37. The zero-order chi connectivity index (χ0) is 13.5. The van der Waals surface area contributed by atoms with Crippen LogP contribution in [0.1, 0.15) is 18.9 Å². The minimum Gasteiger partial charge on any atom is -0.463 e. The Kier molecular flexibility index (Phi) is 4.92. The van der Waals surface area contributed by atoms with Gasteiger partial charge in [-0.25, -0.2) is 0 Å². The maximum Gasteiger partial charge on any atom is 0.324 e. The molecule has 0 spiro atoms. The van der Waals surface area contributed by atoms with Crippen molar-refractivity contribution < 1.29 is 9.47 Å². The lowest BCUT2D eigenvalue weighted by Gasteiger charge is -2.06. The highest BCUT2D eigenvalue weighted by molar-refractivity contribution is 6.28. The molecule has 1 heterocycles. The summed E-state index contributed by atoms with van der Waals surface area (Å²) in [6, 6.07) is 10.1. The fourth-order valence-corrected chi connectivity index (χ4v) is 1.50. The third-order valence-corrected chi connectivity index (χ3v) is 2.38. The summed E-state index contributed by atoms with van der Waals surface area (Å²) in [5.41, 5.74) is 1.02. The number of ether oxygens (including phenoxy) is 2. The Bertz CT molecular complexity index is 523. The van der Waals surface area contributed by atoms with E-state index in [0.29, 0.717) is 13.2 Å². The summed E-state index contributed by atoms with van der Waals surface area (Å²) in [5, 5.41) is 0.0594. The molecule has 0 saturated heterocycles. The van der Waals surface area contributed by atoms with Crippen LogP contribution in [-0.2, 0) is 6.61 Å². The Labute approximate surface area is 116 Å². The molecule has 0 radical (unpaired) electrons. The first kappa shape index (κ1) is 13.5. The number of hydrogen-bond acceptors (Lipinski definition) is 5. The van der Waals surface area contributed by atoms with Crippen molar-refractivity contribution in [1.82, 2.24) is 15.0 Å². The summed E-state index contributed by atoms with van der Waals surface area (Å²) in [6.45, 7) is 2.89. The largest absolute Gasteiger partial charge is 0.463 e. The molecule has 2 aromatic rings. The van der Waals surface area contributed by atoms with Crippen molar-refractivity contribution in [2.75, 3.05) is 6.61 Å². The van der Waals surface area contributed by atoms with E-state index in [1.165, 1.54) is 0 Å². The predicted molar refractivity (Wildman–Crippen MR) is 71.4 cm³/mol. The summed E-state index contributed by atoms with van der Waals surface area (Å²) in [5.74, 6) is 0. The highest BCUT2D eigenvalue weighted by Crippen LogP contribution is 2.14. The van der Waals surface area contributed by atoms with Crippen molar-refractivity contribution in [3.63, 3.8) is 0 Å². The van der Waals surface area contributed by atoms with Crippen LogP contribution in [0.4, 0.5) is 0 Å². The second-order valence-corrected chi connectivity index (χ2v) is 4.13. The fraction of sp³-hybridized carbons (Fsp3) is 0.308. The molecule has 0 N–H and O–H groups in total. The van der Waals surface area contributed by atoms with E-state index in [0.717, 1.165) is 12.0 Å². The van der Waals surface area contributed by atoms with E-state index < -0.39 is 0 Å². The van der Waals surface area contributed by atoms with Crippen LogP contribution < -0.4 is 9.47 Å². The molecule has 1 aromatic heterocycles. The molecule has 0 bridgehead atoms. The molecule has 2 rings (SSSR count). The normalized spacial score (nSPS) is 10.2. The molecular weight excluding hydrogens is 266 g/mol. The monoisotopic (exact) mass is 279 g/mol. The van der Waals surface area contributed by atoms with Gasteiger partial charge in [-0.2, -0.15) is 9.97 Å². The van der Waals surface area contributed by atoms with Crippen molar-refractivity contribution in [3.05, 3.63) is 41.2 Å². The van der Waals surface area contributed by atoms with Crippen LogP contribution in [0.3, 0.4) is 0 Å². The van der Waals surface area contributed by atoms with Gasteiger partial charge in [0.25, 0.3) is 0 Å². The molecule has 0 fully saturated rings. The molecular formula is C13H14ClN3O2. The molecule has 0 unspecified atom stereocenters. The Balaban J connectivity index is 2.01. The molecule has 0 atom stereocenters. The molecule has 0 aliphatic heterocycles. The highest BCUT2D eigenvalue weighted by atomic mass is 35.5. The first-order valence-corrected chi connectivity index (χ1v) is 6.37. The first-order chi connectivity index (χ1) is 9.28. The van der Waals surface area contributed by atoms with Crippen LogP contribution in [0.5, 0.6) is 12.0 Å².